The first-order valence-electron chi connectivity index (χ1n) is 11.4. The Balaban J connectivity index is 1.48. The smallest absolute Gasteiger partial charge is 0.230 e. The van der Waals surface area contributed by atoms with Crippen molar-refractivity contribution >= 4 is 22.0 Å². The van der Waals surface area contributed by atoms with Gasteiger partial charge >= 0.3 is 0 Å². The number of hydrogen-bond acceptors (Lipinski definition) is 9. The molecule has 2 aromatic carbocycles. The fraction of sp³-hybridized carbons (Fsp3) is 0.360. The minimum absolute atomic E-state index is 0.128. The van der Waals surface area contributed by atoms with Gasteiger partial charge < -0.3 is 24.2 Å². The third-order valence-corrected chi connectivity index (χ3v) is 7.47. The number of aromatic nitrogens is 3. The zero-order chi connectivity index (χ0) is 24.5. The normalized spacial score (nSPS) is 15.4. The van der Waals surface area contributed by atoms with E-state index in [0.717, 1.165) is 42.4 Å². The van der Waals surface area contributed by atoms with Crippen LogP contribution in [0.25, 0.3) is 4.96 Å². The van der Waals surface area contributed by atoms with Crippen LogP contribution in [0, 0.1) is 6.92 Å². The summed E-state index contributed by atoms with van der Waals surface area (Å²) in [7, 11) is 4.94. The molecule has 10 heteroatoms. The van der Waals surface area contributed by atoms with Gasteiger partial charge in [-0.15, -0.1) is 5.10 Å². The van der Waals surface area contributed by atoms with E-state index in [2.05, 4.69) is 32.0 Å². The van der Waals surface area contributed by atoms with Crippen LogP contribution in [0.4, 0.5) is 5.69 Å². The highest BCUT2D eigenvalue weighted by atomic mass is 32.1. The van der Waals surface area contributed by atoms with E-state index >= 15 is 0 Å². The molecule has 3 heterocycles. The molecule has 184 valence electrons. The maximum atomic E-state index is 11.1. The van der Waals surface area contributed by atoms with Gasteiger partial charge in [0.2, 0.25) is 10.8 Å². The highest BCUT2D eigenvalue weighted by Crippen LogP contribution is 2.42. The number of anilines is 1. The SMILES string of the molecule is COc1ccc(N2CCN(C(c3ccc(OC)c(OC)c3)c3sc4nc(C)nn4c3O)CC2)cc1. The molecule has 2 aromatic heterocycles. The van der Waals surface area contributed by atoms with Crippen LogP contribution in [0.3, 0.4) is 0 Å². The Morgan fingerprint density at radius 3 is 2.26 bits per heavy atom. The minimum atomic E-state index is -0.179. The average Bonchev–Trinajstić information content (AvgIpc) is 3.41. The van der Waals surface area contributed by atoms with E-state index in [1.807, 2.05) is 37.3 Å². The maximum absolute atomic E-state index is 11.1. The molecule has 0 saturated carbocycles. The van der Waals surface area contributed by atoms with Gasteiger partial charge in [0.15, 0.2) is 11.5 Å². The number of ether oxygens (including phenoxy) is 3. The van der Waals surface area contributed by atoms with Crippen LogP contribution in [-0.2, 0) is 0 Å². The van der Waals surface area contributed by atoms with Crippen LogP contribution in [0.5, 0.6) is 23.1 Å². The fourth-order valence-corrected chi connectivity index (χ4v) is 5.77. The van der Waals surface area contributed by atoms with Crippen LogP contribution < -0.4 is 19.1 Å². The van der Waals surface area contributed by atoms with Gasteiger partial charge in [0.1, 0.15) is 11.6 Å². The van der Waals surface area contributed by atoms with Gasteiger partial charge in [0.05, 0.1) is 32.2 Å². The highest BCUT2D eigenvalue weighted by molar-refractivity contribution is 7.17. The van der Waals surface area contributed by atoms with E-state index in [-0.39, 0.29) is 11.9 Å². The van der Waals surface area contributed by atoms with Crippen molar-refractivity contribution in [2.24, 2.45) is 0 Å². The Kier molecular flexibility index (Phi) is 6.40. The average molecular weight is 496 g/mol. The lowest BCUT2D eigenvalue weighted by Gasteiger charge is -2.40. The number of benzene rings is 2. The van der Waals surface area contributed by atoms with Crippen molar-refractivity contribution in [1.29, 1.82) is 0 Å². The Morgan fingerprint density at radius 1 is 0.914 bits per heavy atom. The monoisotopic (exact) mass is 495 g/mol. The first-order valence-corrected chi connectivity index (χ1v) is 12.2. The summed E-state index contributed by atoms with van der Waals surface area (Å²) in [6.07, 6.45) is 0. The molecule has 1 atom stereocenters. The van der Waals surface area contributed by atoms with E-state index in [1.165, 1.54) is 21.5 Å². The van der Waals surface area contributed by atoms with Gasteiger partial charge in [-0.25, -0.2) is 4.98 Å². The second kappa shape index (κ2) is 9.63. The molecule has 4 aromatic rings. The second-order valence-electron chi connectivity index (χ2n) is 8.38. The van der Waals surface area contributed by atoms with Crippen LogP contribution in [0.2, 0.25) is 0 Å². The molecular weight excluding hydrogens is 466 g/mol. The Bertz CT molecular complexity index is 1310. The molecule has 1 N–H and O–H groups in total. The number of piperazine rings is 1. The first-order chi connectivity index (χ1) is 17.0. The van der Waals surface area contributed by atoms with Gasteiger partial charge in [-0.05, 0) is 48.9 Å². The second-order valence-corrected chi connectivity index (χ2v) is 9.39. The number of aromatic hydroxyl groups is 1. The molecule has 0 spiro atoms. The van der Waals surface area contributed by atoms with E-state index in [1.54, 1.807) is 21.3 Å². The van der Waals surface area contributed by atoms with Gasteiger partial charge in [-0.2, -0.15) is 4.52 Å². The largest absolute Gasteiger partial charge is 0.497 e. The molecule has 1 aliphatic heterocycles. The molecule has 1 aliphatic rings. The maximum Gasteiger partial charge on any atom is 0.230 e. The molecule has 0 radical (unpaired) electrons. The lowest BCUT2D eigenvalue weighted by Crippen LogP contribution is -2.47. The standard InChI is InChI=1S/C25H29N5O4S/c1-16-26-25-30(27-16)24(31)23(35-25)22(17-5-10-20(33-3)21(15-17)34-4)29-13-11-28(12-14-29)18-6-8-19(32-2)9-7-18/h5-10,15,22,31H,11-14H2,1-4H3. The first kappa shape index (κ1) is 23.3. The molecule has 1 unspecified atom stereocenters. The zero-order valence-electron chi connectivity index (χ0n) is 20.3. The lowest BCUT2D eigenvalue weighted by atomic mass is 10.0. The Labute approximate surface area is 208 Å². The predicted molar refractivity (Wildman–Crippen MR) is 135 cm³/mol. The van der Waals surface area contributed by atoms with Crippen molar-refractivity contribution in [1.82, 2.24) is 19.5 Å². The van der Waals surface area contributed by atoms with E-state index in [4.69, 9.17) is 14.2 Å². The fourth-order valence-electron chi connectivity index (χ4n) is 4.61. The number of thiazole rings is 1. The topological polar surface area (TPSA) is 84.6 Å². The molecule has 0 aliphatic carbocycles. The molecule has 0 amide bonds. The number of hydrogen-bond donors (Lipinski definition) is 1. The quantitative estimate of drug-likeness (QED) is 0.415. The molecule has 1 fully saturated rings. The van der Waals surface area contributed by atoms with Crippen molar-refractivity contribution in [3.8, 4) is 23.1 Å². The Morgan fingerprint density at radius 2 is 1.63 bits per heavy atom. The van der Waals surface area contributed by atoms with Gasteiger partial charge in [0, 0.05) is 31.9 Å². The molecule has 0 bridgehead atoms. The summed E-state index contributed by atoms with van der Waals surface area (Å²) in [6, 6.07) is 13.9. The molecule has 1 saturated heterocycles. The third-order valence-electron chi connectivity index (χ3n) is 6.39. The van der Waals surface area contributed by atoms with Crippen molar-refractivity contribution in [2.45, 2.75) is 13.0 Å². The summed E-state index contributed by atoms with van der Waals surface area (Å²) in [4.78, 5) is 10.7. The molecule has 35 heavy (non-hydrogen) atoms. The predicted octanol–water partition coefficient (Wildman–Crippen LogP) is 3.74. The number of fused-ring (bicyclic) bond motifs is 1. The van der Waals surface area contributed by atoms with Crippen molar-refractivity contribution in [3.05, 3.63) is 58.7 Å². The molecule has 5 rings (SSSR count). The summed E-state index contributed by atoms with van der Waals surface area (Å²) in [6.45, 7) is 5.17. The summed E-state index contributed by atoms with van der Waals surface area (Å²) in [5.41, 5.74) is 2.18. The summed E-state index contributed by atoms with van der Waals surface area (Å²) < 4.78 is 17.9. The van der Waals surface area contributed by atoms with Gasteiger partial charge in [0.25, 0.3) is 0 Å². The summed E-state index contributed by atoms with van der Waals surface area (Å²) in [5, 5.41) is 15.5. The summed E-state index contributed by atoms with van der Waals surface area (Å²) in [5.74, 6) is 2.93. The van der Waals surface area contributed by atoms with Gasteiger partial charge in [-0.3, -0.25) is 4.90 Å². The number of rotatable bonds is 7. The highest BCUT2D eigenvalue weighted by Gasteiger charge is 2.32. The van der Waals surface area contributed by atoms with E-state index < -0.39 is 0 Å². The van der Waals surface area contributed by atoms with E-state index in [0.29, 0.717) is 22.3 Å². The number of aryl methyl sites for hydroxylation is 1. The third kappa shape index (κ3) is 4.35. The van der Waals surface area contributed by atoms with Crippen LogP contribution in [0.1, 0.15) is 22.3 Å². The molecule has 9 nitrogen and oxygen atoms in total. The van der Waals surface area contributed by atoms with Crippen LogP contribution in [-0.4, -0.2) is 72.1 Å². The lowest BCUT2D eigenvalue weighted by molar-refractivity contribution is 0.210. The van der Waals surface area contributed by atoms with Crippen LogP contribution >= 0.6 is 11.3 Å². The van der Waals surface area contributed by atoms with Crippen molar-refractivity contribution < 1.29 is 19.3 Å². The summed E-state index contributed by atoms with van der Waals surface area (Å²) >= 11 is 1.46. The number of nitrogens with zero attached hydrogens (tertiary/aromatic N) is 5. The minimum Gasteiger partial charge on any atom is -0.497 e. The number of methoxy groups -OCH3 is 3. The zero-order valence-corrected chi connectivity index (χ0v) is 21.1. The molecular formula is C25H29N5O4S. The Hall–Kier alpha value is -3.50. The van der Waals surface area contributed by atoms with Crippen molar-refractivity contribution in [2.75, 3.05) is 52.4 Å². The van der Waals surface area contributed by atoms with E-state index in [9.17, 15) is 5.11 Å². The van der Waals surface area contributed by atoms with Crippen LogP contribution in [0.15, 0.2) is 42.5 Å². The van der Waals surface area contributed by atoms with Gasteiger partial charge in [-0.1, -0.05) is 17.4 Å². The van der Waals surface area contributed by atoms with Crippen molar-refractivity contribution in [3.63, 3.8) is 0 Å².